The minimum Gasteiger partial charge on any atom is -0.457 e. The predicted octanol–water partition coefficient (Wildman–Crippen LogP) is 0.833. The summed E-state index contributed by atoms with van der Waals surface area (Å²) in [5.41, 5.74) is 0. The molecule has 2 saturated heterocycles. The second-order valence-electron chi connectivity index (χ2n) is 12.3. The van der Waals surface area contributed by atoms with Crippen molar-refractivity contribution in [1.82, 2.24) is 0 Å². The Morgan fingerprint density at radius 2 is 1.26 bits per heavy atom. The van der Waals surface area contributed by atoms with Crippen molar-refractivity contribution in [2.24, 2.45) is 0 Å². The van der Waals surface area contributed by atoms with Crippen LogP contribution in [0.2, 0.25) is 0 Å². The molecule has 276 valence electrons. The van der Waals surface area contributed by atoms with Crippen LogP contribution >= 0.6 is 0 Å². The molecular weight excluding hydrogens is 620 g/mol. The zero-order chi connectivity index (χ0) is 34.6. The van der Waals surface area contributed by atoms with E-state index in [0.29, 0.717) is 13.0 Å². The number of aliphatic hydroxyl groups is 7. The van der Waals surface area contributed by atoms with Crippen LogP contribution in [0.25, 0.3) is 0 Å². The van der Waals surface area contributed by atoms with Crippen molar-refractivity contribution in [2.45, 2.75) is 158 Å². The van der Waals surface area contributed by atoms with Gasteiger partial charge >= 0.3 is 5.97 Å². The molecule has 0 bridgehead atoms. The van der Waals surface area contributed by atoms with Gasteiger partial charge in [0.1, 0.15) is 54.9 Å². The first kappa shape index (κ1) is 41.9. The minimum atomic E-state index is -1.70. The molecule has 2 aliphatic heterocycles. The number of allylic oxidation sites excluding steroid dienone is 2. The SMILES string of the molecule is CCCC/C=C\CCCCCCCCOCC(COC1OC(COC2OC(CO)C(O)C(O)C2O)C(O)C(O)C1O)OC(=O)CCC. The van der Waals surface area contributed by atoms with Gasteiger partial charge in [0.2, 0.25) is 0 Å². The number of hydrogen-bond donors (Lipinski definition) is 7. The van der Waals surface area contributed by atoms with E-state index in [4.69, 9.17) is 28.4 Å². The molecular formula is C33H60O14. The van der Waals surface area contributed by atoms with Crippen LogP contribution in [0.3, 0.4) is 0 Å². The lowest BCUT2D eigenvalue weighted by atomic mass is 9.98. The number of carbonyl (C=O) groups excluding carboxylic acids is 1. The van der Waals surface area contributed by atoms with E-state index in [1.807, 2.05) is 6.92 Å². The van der Waals surface area contributed by atoms with Gasteiger partial charge in [0, 0.05) is 13.0 Å². The standard InChI is InChI=1S/C33H60O14/c1-3-5-6-7-8-9-10-11-12-13-14-15-17-42-19-22(45-25(35)16-4-2)20-43-32-31(41)29(39)27(37)24(47-32)21-44-33-30(40)28(38)26(36)23(18-34)46-33/h7-8,22-24,26-34,36-41H,3-6,9-21H2,1-2H3/b8-7-. The smallest absolute Gasteiger partial charge is 0.306 e. The third-order valence-corrected chi connectivity index (χ3v) is 8.24. The fourth-order valence-corrected chi connectivity index (χ4v) is 5.30. The number of esters is 1. The van der Waals surface area contributed by atoms with Crippen LogP contribution in [0, 0.1) is 0 Å². The number of hydrogen-bond acceptors (Lipinski definition) is 14. The van der Waals surface area contributed by atoms with E-state index in [0.717, 1.165) is 32.1 Å². The average Bonchev–Trinajstić information content (AvgIpc) is 3.06. The Bertz CT molecular complexity index is 844. The molecule has 0 aromatic heterocycles. The predicted molar refractivity (Wildman–Crippen MR) is 169 cm³/mol. The zero-order valence-corrected chi connectivity index (χ0v) is 28.0. The fourth-order valence-electron chi connectivity index (χ4n) is 5.30. The lowest BCUT2D eigenvalue weighted by Gasteiger charge is -2.42. The summed E-state index contributed by atoms with van der Waals surface area (Å²) < 4.78 is 33.3. The normalized spacial score (nSPS) is 32.1. The van der Waals surface area contributed by atoms with Crippen molar-refractivity contribution in [3.05, 3.63) is 12.2 Å². The van der Waals surface area contributed by atoms with Crippen LogP contribution < -0.4 is 0 Å². The first-order valence-corrected chi connectivity index (χ1v) is 17.3. The van der Waals surface area contributed by atoms with Crippen molar-refractivity contribution >= 4 is 5.97 Å². The van der Waals surface area contributed by atoms with Crippen molar-refractivity contribution in [3.8, 4) is 0 Å². The summed E-state index contributed by atoms with van der Waals surface area (Å²) in [7, 11) is 0. The van der Waals surface area contributed by atoms with Crippen LogP contribution in [-0.2, 0) is 33.2 Å². The maximum absolute atomic E-state index is 12.2. The van der Waals surface area contributed by atoms with E-state index in [1.165, 1.54) is 32.1 Å². The van der Waals surface area contributed by atoms with Gasteiger partial charge in [-0.05, 0) is 32.1 Å². The molecule has 0 aromatic rings. The van der Waals surface area contributed by atoms with Crippen molar-refractivity contribution in [1.29, 1.82) is 0 Å². The van der Waals surface area contributed by atoms with Crippen molar-refractivity contribution in [3.63, 3.8) is 0 Å². The van der Waals surface area contributed by atoms with Gasteiger partial charge in [0.05, 0.1) is 26.4 Å². The highest BCUT2D eigenvalue weighted by Gasteiger charge is 2.47. The molecule has 47 heavy (non-hydrogen) atoms. The highest BCUT2D eigenvalue weighted by Crippen LogP contribution is 2.26. The van der Waals surface area contributed by atoms with E-state index < -0.39 is 86.7 Å². The summed E-state index contributed by atoms with van der Waals surface area (Å²) in [5.74, 6) is -0.434. The third-order valence-electron chi connectivity index (χ3n) is 8.24. The molecule has 0 spiro atoms. The Morgan fingerprint density at radius 1 is 0.681 bits per heavy atom. The first-order valence-electron chi connectivity index (χ1n) is 17.3. The van der Waals surface area contributed by atoms with Gasteiger partial charge in [0.25, 0.3) is 0 Å². The molecule has 11 unspecified atom stereocenters. The number of ether oxygens (including phenoxy) is 6. The maximum Gasteiger partial charge on any atom is 0.306 e. The summed E-state index contributed by atoms with van der Waals surface area (Å²) in [6.45, 7) is 3.21. The summed E-state index contributed by atoms with van der Waals surface area (Å²) >= 11 is 0. The largest absolute Gasteiger partial charge is 0.457 e. The molecule has 2 heterocycles. The topological polar surface area (TPSA) is 214 Å². The zero-order valence-electron chi connectivity index (χ0n) is 28.0. The monoisotopic (exact) mass is 680 g/mol. The highest BCUT2D eigenvalue weighted by molar-refractivity contribution is 5.69. The van der Waals surface area contributed by atoms with Crippen LogP contribution in [-0.4, -0.2) is 142 Å². The molecule has 0 aliphatic carbocycles. The molecule has 2 aliphatic rings. The lowest BCUT2D eigenvalue weighted by Crippen LogP contribution is -2.61. The Kier molecular flexibility index (Phi) is 21.4. The van der Waals surface area contributed by atoms with E-state index in [1.54, 1.807) is 0 Å². The number of unbranched alkanes of at least 4 members (excludes halogenated alkanes) is 8. The summed E-state index contributed by atoms with van der Waals surface area (Å²) in [6, 6.07) is 0. The van der Waals surface area contributed by atoms with Gasteiger partial charge in [-0.25, -0.2) is 0 Å². The molecule has 2 fully saturated rings. The lowest BCUT2D eigenvalue weighted by molar-refractivity contribution is -0.332. The van der Waals surface area contributed by atoms with Gasteiger partial charge < -0.3 is 64.2 Å². The van der Waals surface area contributed by atoms with Gasteiger partial charge in [-0.3, -0.25) is 4.79 Å². The van der Waals surface area contributed by atoms with E-state index >= 15 is 0 Å². The van der Waals surface area contributed by atoms with Gasteiger partial charge in [-0.2, -0.15) is 0 Å². The molecule has 14 heteroatoms. The first-order chi connectivity index (χ1) is 22.6. The summed E-state index contributed by atoms with van der Waals surface area (Å²) in [6.07, 6.45) is 0.567. The quantitative estimate of drug-likeness (QED) is 0.0428. The van der Waals surface area contributed by atoms with Gasteiger partial charge in [-0.15, -0.1) is 0 Å². The Morgan fingerprint density at radius 3 is 1.89 bits per heavy atom. The number of aliphatic hydroxyl groups excluding tert-OH is 7. The Hall–Kier alpha value is -1.27. The Balaban J connectivity index is 1.78. The highest BCUT2D eigenvalue weighted by atomic mass is 16.7. The molecule has 14 nitrogen and oxygen atoms in total. The van der Waals surface area contributed by atoms with E-state index in [9.17, 15) is 40.5 Å². The van der Waals surface area contributed by atoms with Crippen molar-refractivity contribution in [2.75, 3.05) is 33.0 Å². The second-order valence-corrected chi connectivity index (χ2v) is 12.3. The molecule has 11 atom stereocenters. The van der Waals surface area contributed by atoms with Crippen LogP contribution in [0.4, 0.5) is 0 Å². The minimum absolute atomic E-state index is 0.0530. The molecule has 0 amide bonds. The maximum atomic E-state index is 12.2. The third kappa shape index (κ3) is 15.0. The van der Waals surface area contributed by atoms with Crippen LogP contribution in [0.5, 0.6) is 0 Å². The molecule has 7 N–H and O–H groups in total. The second kappa shape index (κ2) is 24.0. The average molecular weight is 681 g/mol. The van der Waals surface area contributed by atoms with E-state index in [-0.39, 0.29) is 19.6 Å². The van der Waals surface area contributed by atoms with Gasteiger partial charge in [0.15, 0.2) is 12.6 Å². The molecule has 0 aromatic carbocycles. The van der Waals surface area contributed by atoms with Crippen LogP contribution in [0.15, 0.2) is 12.2 Å². The summed E-state index contributed by atoms with van der Waals surface area (Å²) in [4.78, 5) is 12.2. The van der Waals surface area contributed by atoms with E-state index in [2.05, 4.69) is 19.1 Å². The van der Waals surface area contributed by atoms with Gasteiger partial charge in [-0.1, -0.05) is 64.5 Å². The molecule has 0 saturated carbocycles. The van der Waals surface area contributed by atoms with Crippen LogP contribution in [0.1, 0.15) is 90.9 Å². The number of carbonyl (C=O) groups is 1. The van der Waals surface area contributed by atoms with Crippen molar-refractivity contribution < 1.29 is 69.0 Å². The molecule has 2 rings (SSSR count). The summed E-state index contributed by atoms with van der Waals surface area (Å²) in [5, 5.41) is 70.9. The Labute approximate surface area is 278 Å². The number of rotatable bonds is 24. The molecule has 0 radical (unpaired) electrons. The fraction of sp³-hybridized carbons (Fsp3) is 0.909.